The molecule has 3 N–H and O–H groups in total. The smallest absolute Gasteiger partial charge is 0.355 e. The Balaban J connectivity index is 2.41. The lowest BCUT2D eigenvalue weighted by Crippen LogP contribution is -2.11. The van der Waals surface area contributed by atoms with Gasteiger partial charge in [-0.3, -0.25) is 0 Å². The number of aliphatic hydroxyl groups is 1. The number of carbonyl (C=O) groups is 1. The van der Waals surface area contributed by atoms with Gasteiger partial charge in [-0.2, -0.15) is 0 Å². The number of rotatable bonds is 7. The van der Waals surface area contributed by atoms with Crippen molar-refractivity contribution in [3.8, 4) is 0 Å². The predicted octanol–water partition coefficient (Wildman–Crippen LogP) is 1.41. The van der Waals surface area contributed by atoms with Crippen LogP contribution in [0.3, 0.4) is 0 Å². The van der Waals surface area contributed by atoms with Gasteiger partial charge >= 0.3 is 5.97 Å². The number of hydrogen-bond donors (Lipinski definition) is 2. The summed E-state index contributed by atoms with van der Waals surface area (Å²) in [5.74, 6) is -0.340. The summed E-state index contributed by atoms with van der Waals surface area (Å²) in [6, 6.07) is 1.62. The number of aliphatic hydroxyl groups excluding tert-OH is 1. The largest absolute Gasteiger partial charge is 0.461 e. The van der Waals surface area contributed by atoms with E-state index >= 15 is 0 Å². The van der Waals surface area contributed by atoms with Gasteiger partial charge in [-0.15, -0.1) is 0 Å². The zero-order valence-corrected chi connectivity index (χ0v) is 10.2. The normalized spacial score (nSPS) is 10.5. The van der Waals surface area contributed by atoms with Gasteiger partial charge in [0, 0.05) is 19.3 Å². The zero-order valence-electron chi connectivity index (χ0n) is 10.2. The van der Waals surface area contributed by atoms with Crippen LogP contribution in [0.5, 0.6) is 0 Å². The van der Waals surface area contributed by atoms with Gasteiger partial charge < -0.3 is 20.1 Å². The van der Waals surface area contributed by atoms with Crippen LogP contribution >= 0.6 is 0 Å². The molecule has 0 atom stereocenters. The van der Waals surface area contributed by atoms with Gasteiger partial charge in [0.1, 0.15) is 5.69 Å². The van der Waals surface area contributed by atoms with Gasteiger partial charge in [-0.05, 0) is 32.3 Å². The first-order chi connectivity index (χ1) is 8.19. The van der Waals surface area contributed by atoms with Crippen LogP contribution in [-0.4, -0.2) is 28.9 Å². The van der Waals surface area contributed by atoms with Crippen LogP contribution in [0.25, 0.3) is 0 Å². The Kier molecular flexibility index (Phi) is 5.56. The quantitative estimate of drug-likeness (QED) is 0.558. The van der Waals surface area contributed by atoms with E-state index in [1.807, 2.05) is 6.92 Å². The fraction of sp³-hybridized carbons (Fsp3) is 0.583. The summed E-state index contributed by atoms with van der Waals surface area (Å²) in [7, 11) is 0. The third-order valence-electron chi connectivity index (χ3n) is 2.50. The highest BCUT2D eigenvalue weighted by molar-refractivity contribution is 5.89. The molecule has 0 unspecified atom stereocenters. The Hall–Kier alpha value is -1.49. The van der Waals surface area contributed by atoms with Crippen molar-refractivity contribution in [1.82, 2.24) is 4.57 Å². The van der Waals surface area contributed by atoms with E-state index in [9.17, 15) is 4.79 Å². The molecule has 17 heavy (non-hydrogen) atoms. The lowest BCUT2D eigenvalue weighted by Gasteiger charge is -2.06. The minimum Gasteiger partial charge on any atom is -0.461 e. The highest BCUT2D eigenvalue weighted by Gasteiger charge is 2.13. The molecular formula is C12H20N2O3. The van der Waals surface area contributed by atoms with Crippen molar-refractivity contribution in [2.75, 3.05) is 18.9 Å². The molecule has 0 aliphatic rings. The third-order valence-corrected chi connectivity index (χ3v) is 2.50. The second kappa shape index (κ2) is 6.96. The number of hydrogen-bond acceptors (Lipinski definition) is 4. The molecule has 0 aromatic carbocycles. The standard InChI is InChI=1S/C12H20N2O3/c1-2-14-9-10(13)8-11(14)12(16)17-7-5-3-4-6-15/h8-9,15H,2-7,13H2,1H3. The van der Waals surface area contributed by atoms with Crippen LogP contribution in [-0.2, 0) is 11.3 Å². The molecule has 0 radical (unpaired) electrons. The van der Waals surface area contributed by atoms with Gasteiger partial charge in [0.2, 0.25) is 0 Å². The first-order valence-corrected chi connectivity index (χ1v) is 5.92. The molecule has 1 aromatic rings. The zero-order chi connectivity index (χ0) is 12.7. The van der Waals surface area contributed by atoms with Crippen molar-refractivity contribution in [1.29, 1.82) is 0 Å². The second-order valence-electron chi connectivity index (χ2n) is 3.86. The van der Waals surface area contributed by atoms with Gasteiger partial charge in [0.05, 0.1) is 12.3 Å². The summed E-state index contributed by atoms with van der Waals surface area (Å²) in [5.41, 5.74) is 6.69. The number of aromatic nitrogens is 1. The first-order valence-electron chi connectivity index (χ1n) is 5.92. The van der Waals surface area contributed by atoms with Crippen molar-refractivity contribution in [2.45, 2.75) is 32.7 Å². The number of unbranched alkanes of at least 4 members (excludes halogenated alkanes) is 2. The third kappa shape index (κ3) is 4.11. The van der Waals surface area contributed by atoms with Crippen molar-refractivity contribution in [2.24, 2.45) is 0 Å². The van der Waals surface area contributed by atoms with Gasteiger partial charge in [0.25, 0.3) is 0 Å². The van der Waals surface area contributed by atoms with Crippen LogP contribution in [0.1, 0.15) is 36.7 Å². The van der Waals surface area contributed by atoms with E-state index < -0.39 is 0 Å². The molecule has 0 saturated carbocycles. The molecule has 5 nitrogen and oxygen atoms in total. The molecule has 1 heterocycles. The highest BCUT2D eigenvalue weighted by Crippen LogP contribution is 2.12. The van der Waals surface area contributed by atoms with Gasteiger partial charge in [-0.25, -0.2) is 4.79 Å². The molecule has 0 aliphatic heterocycles. The van der Waals surface area contributed by atoms with Gasteiger partial charge in [-0.1, -0.05) is 0 Å². The van der Waals surface area contributed by atoms with E-state index in [1.54, 1.807) is 16.8 Å². The Labute approximate surface area is 101 Å². The second-order valence-corrected chi connectivity index (χ2v) is 3.86. The molecule has 0 amide bonds. The van der Waals surface area contributed by atoms with Crippen molar-refractivity contribution >= 4 is 11.7 Å². The summed E-state index contributed by atoms with van der Waals surface area (Å²) in [4.78, 5) is 11.7. The molecule has 0 saturated heterocycles. The fourth-order valence-electron chi connectivity index (χ4n) is 1.59. The summed E-state index contributed by atoms with van der Waals surface area (Å²) < 4.78 is 6.90. The van der Waals surface area contributed by atoms with E-state index in [0.717, 1.165) is 19.3 Å². The van der Waals surface area contributed by atoms with Gasteiger partial charge in [0.15, 0.2) is 0 Å². The molecule has 0 fully saturated rings. The lowest BCUT2D eigenvalue weighted by molar-refractivity contribution is 0.0484. The topological polar surface area (TPSA) is 77.5 Å². The number of nitrogens with zero attached hydrogens (tertiary/aromatic N) is 1. The summed E-state index contributed by atoms with van der Waals surface area (Å²) in [6.45, 7) is 3.19. The fourth-order valence-corrected chi connectivity index (χ4v) is 1.59. The molecule has 1 rings (SSSR count). The van der Waals surface area contributed by atoms with E-state index in [1.165, 1.54) is 0 Å². The number of carbonyl (C=O) groups excluding carboxylic acids is 1. The minimum atomic E-state index is -0.340. The van der Waals surface area contributed by atoms with Crippen LogP contribution in [0.2, 0.25) is 0 Å². The number of esters is 1. The Morgan fingerprint density at radius 1 is 1.47 bits per heavy atom. The first kappa shape index (κ1) is 13.6. The Bertz CT molecular complexity index is 361. The van der Waals surface area contributed by atoms with Crippen LogP contribution in [0.15, 0.2) is 12.3 Å². The van der Waals surface area contributed by atoms with Crippen LogP contribution < -0.4 is 5.73 Å². The van der Waals surface area contributed by atoms with Crippen molar-refractivity contribution < 1.29 is 14.6 Å². The monoisotopic (exact) mass is 240 g/mol. The molecule has 96 valence electrons. The van der Waals surface area contributed by atoms with Crippen LogP contribution in [0, 0.1) is 0 Å². The predicted molar refractivity (Wildman–Crippen MR) is 65.7 cm³/mol. The maximum atomic E-state index is 11.7. The molecular weight excluding hydrogens is 220 g/mol. The minimum absolute atomic E-state index is 0.184. The number of aryl methyl sites for hydroxylation is 1. The maximum Gasteiger partial charge on any atom is 0.355 e. The average molecular weight is 240 g/mol. The average Bonchev–Trinajstić information content (AvgIpc) is 2.70. The molecule has 5 heteroatoms. The van der Waals surface area contributed by atoms with Crippen molar-refractivity contribution in [3.63, 3.8) is 0 Å². The molecule has 0 aliphatic carbocycles. The van der Waals surface area contributed by atoms with Crippen molar-refractivity contribution in [3.05, 3.63) is 18.0 Å². The SMILES string of the molecule is CCn1cc(N)cc1C(=O)OCCCCCO. The van der Waals surface area contributed by atoms with E-state index in [0.29, 0.717) is 24.5 Å². The summed E-state index contributed by atoms with van der Waals surface area (Å²) in [5, 5.41) is 8.60. The Morgan fingerprint density at radius 2 is 2.24 bits per heavy atom. The van der Waals surface area contributed by atoms with E-state index in [-0.39, 0.29) is 12.6 Å². The summed E-state index contributed by atoms with van der Waals surface area (Å²) >= 11 is 0. The van der Waals surface area contributed by atoms with E-state index in [2.05, 4.69) is 0 Å². The summed E-state index contributed by atoms with van der Waals surface area (Å²) in [6.07, 6.45) is 4.10. The molecule has 1 aromatic heterocycles. The number of nitrogens with two attached hydrogens (primary N) is 1. The highest BCUT2D eigenvalue weighted by atomic mass is 16.5. The lowest BCUT2D eigenvalue weighted by atomic mass is 10.2. The number of anilines is 1. The number of ether oxygens (including phenoxy) is 1. The van der Waals surface area contributed by atoms with Crippen LogP contribution in [0.4, 0.5) is 5.69 Å². The molecule has 0 bridgehead atoms. The maximum absolute atomic E-state index is 11.7. The van der Waals surface area contributed by atoms with E-state index in [4.69, 9.17) is 15.6 Å². The number of nitrogen functional groups attached to an aromatic ring is 1. The molecule has 0 spiro atoms. The Morgan fingerprint density at radius 3 is 2.88 bits per heavy atom.